The minimum atomic E-state index is -3.94. The quantitative estimate of drug-likeness (QED) is 0.564. The number of ether oxygens (including phenoxy) is 1. The van der Waals surface area contributed by atoms with Gasteiger partial charge in [0.15, 0.2) is 9.84 Å². The van der Waals surface area contributed by atoms with Crippen LogP contribution in [0.5, 0.6) is 5.75 Å². The lowest BCUT2D eigenvalue weighted by atomic mass is 9.90. The van der Waals surface area contributed by atoms with E-state index >= 15 is 0 Å². The van der Waals surface area contributed by atoms with Gasteiger partial charge in [0.2, 0.25) is 5.91 Å². The number of nitrogens with two attached hydrogens (primary N) is 1. The molecule has 1 aromatic carbocycles. The third-order valence-electron chi connectivity index (χ3n) is 5.98. The van der Waals surface area contributed by atoms with Crippen LogP contribution in [0.3, 0.4) is 0 Å². The average molecular weight is 422 g/mol. The molecule has 29 heavy (non-hydrogen) atoms. The van der Waals surface area contributed by atoms with E-state index in [0.717, 1.165) is 31.2 Å². The molecule has 7 heteroatoms. The molecule has 1 amide bonds. The molecule has 3 rings (SSSR count). The summed E-state index contributed by atoms with van der Waals surface area (Å²) in [6.07, 6.45) is 9.18. The fourth-order valence-electron chi connectivity index (χ4n) is 4.10. The highest BCUT2D eigenvalue weighted by Crippen LogP contribution is 2.46. The standard InChI is InChI=1S/C22H31NO5S/c1-2-17(10-11-24)29(26,27)21-13-20(28-14-15-6-4-3-5-7-15)18(16-8-9-16)12-19(21)22(23)25/h2,12-13,15-17,24H,1,3-11,14H2,(H2,23,25). The molecule has 2 fully saturated rings. The third kappa shape index (κ3) is 5.01. The van der Waals surface area contributed by atoms with Crippen LogP contribution in [0.4, 0.5) is 0 Å². The number of sulfone groups is 1. The van der Waals surface area contributed by atoms with Gasteiger partial charge in [0.1, 0.15) is 5.75 Å². The first-order valence-electron chi connectivity index (χ1n) is 10.5. The number of aliphatic hydroxyl groups excluding tert-OH is 1. The summed E-state index contributed by atoms with van der Waals surface area (Å²) in [5.41, 5.74) is 6.39. The Labute approximate surface area is 173 Å². The summed E-state index contributed by atoms with van der Waals surface area (Å²) in [6, 6.07) is 3.07. The zero-order chi connectivity index (χ0) is 21.0. The van der Waals surface area contributed by atoms with E-state index in [0.29, 0.717) is 18.3 Å². The van der Waals surface area contributed by atoms with Gasteiger partial charge in [-0.1, -0.05) is 25.3 Å². The number of primary amides is 1. The van der Waals surface area contributed by atoms with E-state index in [4.69, 9.17) is 10.5 Å². The summed E-state index contributed by atoms with van der Waals surface area (Å²) in [6.45, 7) is 3.84. The minimum Gasteiger partial charge on any atom is -0.493 e. The van der Waals surface area contributed by atoms with Crippen molar-refractivity contribution in [3.8, 4) is 5.75 Å². The van der Waals surface area contributed by atoms with Crippen molar-refractivity contribution in [2.45, 2.75) is 67.4 Å². The monoisotopic (exact) mass is 421 g/mol. The lowest BCUT2D eigenvalue weighted by molar-refractivity contribution is 0.0997. The van der Waals surface area contributed by atoms with Crippen molar-refractivity contribution in [1.82, 2.24) is 0 Å². The lowest BCUT2D eigenvalue weighted by Crippen LogP contribution is -2.25. The second-order valence-corrected chi connectivity index (χ2v) is 10.3. The molecule has 0 aliphatic heterocycles. The van der Waals surface area contributed by atoms with Crippen LogP contribution in [-0.4, -0.2) is 37.9 Å². The van der Waals surface area contributed by atoms with Crippen molar-refractivity contribution in [3.05, 3.63) is 35.9 Å². The Balaban J connectivity index is 1.99. The van der Waals surface area contributed by atoms with Crippen LogP contribution in [0.1, 0.15) is 73.2 Å². The van der Waals surface area contributed by atoms with Crippen molar-refractivity contribution in [2.75, 3.05) is 13.2 Å². The second-order valence-electron chi connectivity index (χ2n) is 8.17. The normalized spacial score (nSPS) is 18.9. The van der Waals surface area contributed by atoms with Gasteiger partial charge in [-0.3, -0.25) is 4.79 Å². The summed E-state index contributed by atoms with van der Waals surface area (Å²) in [5.74, 6) is 0.505. The SMILES string of the molecule is C=CC(CCO)S(=O)(=O)c1cc(OCC2CCCCC2)c(C2CC2)cc1C(N)=O. The van der Waals surface area contributed by atoms with E-state index < -0.39 is 21.0 Å². The molecule has 6 nitrogen and oxygen atoms in total. The largest absolute Gasteiger partial charge is 0.493 e. The first-order chi connectivity index (χ1) is 13.9. The zero-order valence-electron chi connectivity index (χ0n) is 16.8. The molecular weight excluding hydrogens is 390 g/mol. The van der Waals surface area contributed by atoms with Gasteiger partial charge in [-0.05, 0) is 61.6 Å². The van der Waals surface area contributed by atoms with E-state index in [1.54, 1.807) is 6.07 Å². The Bertz CT molecular complexity index is 854. The van der Waals surface area contributed by atoms with Crippen molar-refractivity contribution < 1.29 is 23.1 Å². The molecule has 1 unspecified atom stereocenters. The predicted molar refractivity (Wildman–Crippen MR) is 112 cm³/mol. The molecule has 0 saturated heterocycles. The number of benzene rings is 1. The van der Waals surface area contributed by atoms with Crippen LogP contribution in [0.25, 0.3) is 0 Å². The Morgan fingerprint density at radius 1 is 1.24 bits per heavy atom. The number of hydrogen-bond donors (Lipinski definition) is 2. The topological polar surface area (TPSA) is 107 Å². The first-order valence-corrected chi connectivity index (χ1v) is 12.0. The molecule has 160 valence electrons. The van der Waals surface area contributed by atoms with E-state index in [1.807, 2.05) is 0 Å². The summed E-state index contributed by atoms with van der Waals surface area (Å²) in [7, 11) is -3.94. The second kappa shape index (κ2) is 9.30. The third-order valence-corrected chi connectivity index (χ3v) is 8.15. The minimum absolute atomic E-state index is 0.00662. The average Bonchev–Trinajstić information content (AvgIpc) is 3.55. The van der Waals surface area contributed by atoms with Crippen molar-refractivity contribution in [2.24, 2.45) is 11.7 Å². The lowest BCUT2D eigenvalue weighted by Gasteiger charge is -2.23. The van der Waals surface area contributed by atoms with Crippen LogP contribution < -0.4 is 10.5 Å². The van der Waals surface area contributed by atoms with E-state index in [1.165, 1.54) is 31.4 Å². The molecular formula is C22H31NO5S. The number of carbonyl (C=O) groups is 1. The maximum atomic E-state index is 13.2. The molecule has 0 spiro atoms. The van der Waals surface area contributed by atoms with Crippen molar-refractivity contribution in [3.63, 3.8) is 0 Å². The highest BCUT2D eigenvalue weighted by molar-refractivity contribution is 7.92. The van der Waals surface area contributed by atoms with E-state index in [2.05, 4.69) is 6.58 Å². The summed E-state index contributed by atoms with van der Waals surface area (Å²) in [5, 5.41) is 8.24. The maximum Gasteiger partial charge on any atom is 0.250 e. The molecule has 0 radical (unpaired) electrons. The number of rotatable bonds is 10. The first kappa shape index (κ1) is 21.8. The molecule has 0 bridgehead atoms. The molecule has 2 aliphatic carbocycles. The molecule has 1 atom stereocenters. The summed E-state index contributed by atoms with van der Waals surface area (Å²) < 4.78 is 32.5. The molecule has 0 aromatic heterocycles. The van der Waals surface area contributed by atoms with Crippen LogP contribution >= 0.6 is 0 Å². The van der Waals surface area contributed by atoms with Crippen LogP contribution in [0.15, 0.2) is 29.7 Å². The Morgan fingerprint density at radius 3 is 2.48 bits per heavy atom. The fourth-order valence-corrected chi connectivity index (χ4v) is 5.83. The van der Waals surface area contributed by atoms with Crippen LogP contribution in [-0.2, 0) is 9.84 Å². The predicted octanol–water partition coefficient (Wildman–Crippen LogP) is 3.33. The van der Waals surface area contributed by atoms with Gasteiger partial charge < -0.3 is 15.6 Å². The molecule has 0 heterocycles. The number of aliphatic hydroxyl groups is 1. The fraction of sp³-hybridized carbons (Fsp3) is 0.591. The van der Waals surface area contributed by atoms with E-state index in [-0.39, 0.29) is 29.4 Å². The van der Waals surface area contributed by atoms with Crippen molar-refractivity contribution in [1.29, 1.82) is 0 Å². The van der Waals surface area contributed by atoms with Gasteiger partial charge in [-0.15, -0.1) is 6.58 Å². The molecule has 2 saturated carbocycles. The van der Waals surface area contributed by atoms with Gasteiger partial charge in [0.25, 0.3) is 0 Å². The summed E-state index contributed by atoms with van der Waals surface area (Å²) in [4.78, 5) is 12.0. The highest BCUT2D eigenvalue weighted by Gasteiger charge is 2.34. The number of amides is 1. The van der Waals surface area contributed by atoms with Crippen LogP contribution in [0, 0.1) is 5.92 Å². The number of carbonyl (C=O) groups excluding carboxylic acids is 1. The molecule has 2 aliphatic rings. The summed E-state index contributed by atoms with van der Waals surface area (Å²) >= 11 is 0. The molecule has 3 N–H and O–H groups in total. The van der Waals surface area contributed by atoms with Gasteiger partial charge in [-0.2, -0.15) is 0 Å². The smallest absolute Gasteiger partial charge is 0.250 e. The maximum absolute atomic E-state index is 13.2. The van der Waals surface area contributed by atoms with Gasteiger partial charge in [-0.25, -0.2) is 8.42 Å². The van der Waals surface area contributed by atoms with Crippen LogP contribution in [0.2, 0.25) is 0 Å². The Hall–Kier alpha value is -1.86. The Kier molecular flexibility index (Phi) is 7.01. The van der Waals surface area contributed by atoms with Gasteiger partial charge in [0, 0.05) is 6.61 Å². The zero-order valence-corrected chi connectivity index (χ0v) is 17.6. The Morgan fingerprint density at radius 2 is 1.93 bits per heavy atom. The van der Waals surface area contributed by atoms with Crippen molar-refractivity contribution >= 4 is 15.7 Å². The van der Waals surface area contributed by atoms with Gasteiger partial charge in [0.05, 0.1) is 22.3 Å². The number of hydrogen-bond acceptors (Lipinski definition) is 5. The van der Waals surface area contributed by atoms with E-state index in [9.17, 15) is 18.3 Å². The van der Waals surface area contributed by atoms with Gasteiger partial charge >= 0.3 is 0 Å². The molecule has 1 aromatic rings. The highest BCUT2D eigenvalue weighted by atomic mass is 32.2.